The predicted molar refractivity (Wildman–Crippen MR) is 87.8 cm³/mol. The Kier molecular flexibility index (Phi) is 6.06. The van der Waals surface area contributed by atoms with Crippen LogP contribution in [0.4, 0.5) is 0 Å². The van der Waals surface area contributed by atoms with E-state index in [0.717, 1.165) is 43.5 Å². The van der Waals surface area contributed by atoms with Crippen LogP contribution in [0.5, 0.6) is 0 Å². The lowest BCUT2D eigenvalue weighted by Crippen LogP contribution is -2.38. The maximum absolute atomic E-state index is 5.29. The molecule has 0 saturated heterocycles. The van der Waals surface area contributed by atoms with Gasteiger partial charge >= 0.3 is 0 Å². The Bertz CT molecular complexity index is 586. The van der Waals surface area contributed by atoms with Gasteiger partial charge in [-0.25, -0.2) is 4.99 Å². The molecule has 22 heavy (non-hydrogen) atoms. The van der Waals surface area contributed by atoms with Crippen molar-refractivity contribution in [3.8, 4) is 0 Å². The molecule has 0 aliphatic heterocycles. The summed E-state index contributed by atoms with van der Waals surface area (Å²) in [5.74, 6) is 1.67. The third-order valence-electron chi connectivity index (χ3n) is 3.26. The first-order valence-corrected chi connectivity index (χ1v) is 7.74. The van der Waals surface area contributed by atoms with Gasteiger partial charge in [0.15, 0.2) is 5.96 Å². The van der Waals surface area contributed by atoms with Gasteiger partial charge in [-0.05, 0) is 45.4 Å². The second kappa shape index (κ2) is 8.26. The van der Waals surface area contributed by atoms with Crippen LogP contribution in [0.2, 0.25) is 0 Å². The average Bonchev–Trinajstić information content (AvgIpc) is 3.10. The maximum atomic E-state index is 5.29. The number of hydrogen-bond donors (Lipinski definition) is 2. The van der Waals surface area contributed by atoms with Gasteiger partial charge in [0.25, 0.3) is 0 Å². The van der Waals surface area contributed by atoms with Crippen molar-refractivity contribution in [2.45, 2.75) is 40.3 Å². The van der Waals surface area contributed by atoms with Gasteiger partial charge in [-0.2, -0.15) is 5.10 Å². The molecule has 0 aliphatic carbocycles. The number of furan rings is 1. The SMILES string of the molecule is CCNC(=NCc1ccco1)NCCCn1nc(C)cc1C. The van der Waals surface area contributed by atoms with E-state index in [0.29, 0.717) is 6.54 Å². The second-order valence-electron chi connectivity index (χ2n) is 5.21. The highest BCUT2D eigenvalue weighted by Crippen LogP contribution is 2.03. The number of guanidine groups is 1. The molecule has 6 nitrogen and oxygen atoms in total. The Morgan fingerprint density at radius 1 is 1.36 bits per heavy atom. The van der Waals surface area contributed by atoms with Crippen molar-refractivity contribution in [1.82, 2.24) is 20.4 Å². The Balaban J connectivity index is 1.76. The molecule has 0 spiro atoms. The van der Waals surface area contributed by atoms with Gasteiger partial charge in [-0.3, -0.25) is 4.68 Å². The molecule has 0 aromatic carbocycles. The molecular weight excluding hydrogens is 278 g/mol. The summed E-state index contributed by atoms with van der Waals surface area (Å²) in [5.41, 5.74) is 2.27. The smallest absolute Gasteiger partial charge is 0.191 e. The van der Waals surface area contributed by atoms with E-state index in [4.69, 9.17) is 4.42 Å². The van der Waals surface area contributed by atoms with Gasteiger partial charge in [0, 0.05) is 25.3 Å². The summed E-state index contributed by atoms with van der Waals surface area (Å²) in [7, 11) is 0. The van der Waals surface area contributed by atoms with Crippen molar-refractivity contribution in [3.63, 3.8) is 0 Å². The van der Waals surface area contributed by atoms with Crippen LogP contribution in [0, 0.1) is 13.8 Å². The lowest BCUT2D eigenvalue weighted by Gasteiger charge is -2.11. The number of aromatic nitrogens is 2. The number of hydrogen-bond acceptors (Lipinski definition) is 3. The molecule has 0 bridgehead atoms. The molecule has 2 rings (SSSR count). The Morgan fingerprint density at radius 2 is 2.23 bits per heavy atom. The molecule has 2 heterocycles. The van der Waals surface area contributed by atoms with Crippen LogP contribution in [0.25, 0.3) is 0 Å². The van der Waals surface area contributed by atoms with E-state index in [-0.39, 0.29) is 0 Å². The standard InChI is InChI=1S/C16H25N5O/c1-4-17-16(19-12-15-7-5-10-22-15)18-8-6-9-21-14(3)11-13(2)20-21/h5,7,10-11H,4,6,8-9,12H2,1-3H3,(H2,17,18,19). The van der Waals surface area contributed by atoms with E-state index in [9.17, 15) is 0 Å². The summed E-state index contributed by atoms with van der Waals surface area (Å²) in [4.78, 5) is 4.50. The van der Waals surface area contributed by atoms with Crippen LogP contribution < -0.4 is 10.6 Å². The molecular formula is C16H25N5O. The fourth-order valence-electron chi connectivity index (χ4n) is 2.24. The molecule has 6 heteroatoms. The van der Waals surface area contributed by atoms with E-state index in [1.165, 1.54) is 5.69 Å². The quantitative estimate of drug-likeness (QED) is 0.468. The predicted octanol–water partition coefficient (Wildman–Crippen LogP) is 2.24. The Morgan fingerprint density at radius 3 is 2.86 bits per heavy atom. The fourth-order valence-corrected chi connectivity index (χ4v) is 2.24. The lowest BCUT2D eigenvalue weighted by atomic mass is 10.4. The van der Waals surface area contributed by atoms with Crippen LogP contribution >= 0.6 is 0 Å². The first kappa shape index (κ1) is 16.1. The van der Waals surface area contributed by atoms with Gasteiger partial charge in [0.1, 0.15) is 12.3 Å². The zero-order chi connectivity index (χ0) is 15.8. The minimum Gasteiger partial charge on any atom is -0.467 e. The average molecular weight is 303 g/mol. The Labute approximate surface area is 131 Å². The molecule has 0 radical (unpaired) electrons. The van der Waals surface area contributed by atoms with Gasteiger partial charge in [0.2, 0.25) is 0 Å². The summed E-state index contributed by atoms with van der Waals surface area (Å²) in [6.07, 6.45) is 2.66. The highest BCUT2D eigenvalue weighted by atomic mass is 16.3. The van der Waals surface area contributed by atoms with Crippen molar-refractivity contribution in [3.05, 3.63) is 41.6 Å². The van der Waals surface area contributed by atoms with Crippen molar-refractivity contribution >= 4 is 5.96 Å². The van der Waals surface area contributed by atoms with E-state index < -0.39 is 0 Å². The highest BCUT2D eigenvalue weighted by Gasteiger charge is 2.02. The summed E-state index contributed by atoms with van der Waals surface area (Å²) >= 11 is 0. The third-order valence-corrected chi connectivity index (χ3v) is 3.26. The van der Waals surface area contributed by atoms with Crippen molar-refractivity contribution in [2.24, 2.45) is 4.99 Å². The summed E-state index contributed by atoms with van der Waals surface area (Å²) in [5, 5.41) is 11.0. The van der Waals surface area contributed by atoms with Crippen LogP contribution in [-0.4, -0.2) is 28.8 Å². The van der Waals surface area contributed by atoms with E-state index in [1.54, 1.807) is 6.26 Å². The molecule has 0 saturated carbocycles. The number of nitrogens with zero attached hydrogens (tertiary/aromatic N) is 3. The number of aryl methyl sites for hydroxylation is 3. The zero-order valence-corrected chi connectivity index (χ0v) is 13.6. The second-order valence-corrected chi connectivity index (χ2v) is 5.21. The van der Waals surface area contributed by atoms with Crippen molar-refractivity contribution in [1.29, 1.82) is 0 Å². The topological polar surface area (TPSA) is 67.4 Å². The highest BCUT2D eigenvalue weighted by molar-refractivity contribution is 5.79. The summed E-state index contributed by atoms with van der Waals surface area (Å²) < 4.78 is 7.33. The van der Waals surface area contributed by atoms with Crippen LogP contribution in [0.15, 0.2) is 33.9 Å². The maximum Gasteiger partial charge on any atom is 0.191 e. The molecule has 2 aromatic heterocycles. The normalized spacial score (nSPS) is 11.7. The summed E-state index contributed by atoms with van der Waals surface area (Å²) in [6.45, 7) is 9.29. The molecule has 0 aliphatic rings. The number of nitrogens with one attached hydrogen (secondary N) is 2. The van der Waals surface area contributed by atoms with Crippen molar-refractivity contribution in [2.75, 3.05) is 13.1 Å². The largest absolute Gasteiger partial charge is 0.467 e. The number of aliphatic imine (C=N–C) groups is 1. The first-order valence-electron chi connectivity index (χ1n) is 7.74. The van der Waals surface area contributed by atoms with E-state index in [1.807, 2.05) is 23.7 Å². The molecule has 0 unspecified atom stereocenters. The molecule has 0 fully saturated rings. The van der Waals surface area contributed by atoms with E-state index in [2.05, 4.69) is 40.6 Å². The number of rotatable bonds is 7. The molecule has 120 valence electrons. The van der Waals surface area contributed by atoms with Gasteiger partial charge in [0.05, 0.1) is 12.0 Å². The first-order chi connectivity index (χ1) is 10.7. The Hall–Kier alpha value is -2.24. The summed E-state index contributed by atoms with van der Waals surface area (Å²) in [6, 6.07) is 5.90. The molecule has 0 amide bonds. The van der Waals surface area contributed by atoms with Gasteiger partial charge in [-0.15, -0.1) is 0 Å². The molecule has 2 N–H and O–H groups in total. The molecule has 0 atom stereocenters. The van der Waals surface area contributed by atoms with E-state index >= 15 is 0 Å². The van der Waals surface area contributed by atoms with Crippen LogP contribution in [0.1, 0.15) is 30.5 Å². The van der Waals surface area contributed by atoms with Crippen molar-refractivity contribution < 1.29 is 4.42 Å². The fraction of sp³-hybridized carbons (Fsp3) is 0.500. The third kappa shape index (κ3) is 4.95. The minimum atomic E-state index is 0.541. The van der Waals surface area contributed by atoms with Gasteiger partial charge < -0.3 is 15.1 Å². The lowest BCUT2D eigenvalue weighted by molar-refractivity contribution is 0.511. The van der Waals surface area contributed by atoms with Crippen LogP contribution in [0.3, 0.4) is 0 Å². The van der Waals surface area contributed by atoms with Crippen LogP contribution in [-0.2, 0) is 13.1 Å². The minimum absolute atomic E-state index is 0.541. The monoisotopic (exact) mass is 303 g/mol. The molecule has 2 aromatic rings. The van der Waals surface area contributed by atoms with Gasteiger partial charge in [-0.1, -0.05) is 0 Å². The zero-order valence-electron chi connectivity index (χ0n) is 13.6.